The molecule has 144 valence electrons. The number of amides is 1. The van der Waals surface area contributed by atoms with Crippen LogP contribution in [0.15, 0.2) is 18.2 Å². The smallest absolute Gasteiger partial charge is 0.298 e. The first-order valence-electron chi connectivity index (χ1n) is 9.79. The molecular formula is C21H27N3O3. The predicted molar refractivity (Wildman–Crippen MR) is 102 cm³/mol. The van der Waals surface area contributed by atoms with E-state index in [1.54, 1.807) is 6.92 Å². The van der Waals surface area contributed by atoms with Crippen molar-refractivity contribution in [3.8, 4) is 23.3 Å². The molecule has 4 rings (SSSR count). The number of rotatable bonds is 3. The second kappa shape index (κ2) is 8.20. The molecule has 0 saturated carbocycles. The van der Waals surface area contributed by atoms with Gasteiger partial charge < -0.3 is 14.4 Å². The normalized spacial score (nSPS) is 23.0. The summed E-state index contributed by atoms with van der Waals surface area (Å²) in [5, 5.41) is 0. The standard InChI is InChI=1S/C21H27N3O3/c1-2-4-21(25)24-8-3-5-18(15-24)23-11-9-22(10-12-23)14-17-6-7-19-20(13-17)27-16-26-19/h6-7,13,18H,3,5,8-12,14-16H2,1H3/t18-/m0/s1. The van der Waals surface area contributed by atoms with Crippen molar-refractivity contribution in [3.05, 3.63) is 23.8 Å². The van der Waals surface area contributed by atoms with Crippen LogP contribution in [-0.4, -0.2) is 72.7 Å². The Morgan fingerprint density at radius 1 is 1.15 bits per heavy atom. The number of hydrogen-bond acceptors (Lipinski definition) is 5. The number of likely N-dealkylation sites (tertiary alicyclic amines) is 1. The first kappa shape index (κ1) is 18.1. The zero-order valence-electron chi connectivity index (χ0n) is 15.9. The number of nitrogens with zero attached hydrogens (tertiary/aromatic N) is 3. The summed E-state index contributed by atoms with van der Waals surface area (Å²) in [5.41, 5.74) is 1.26. The number of ether oxygens (including phenoxy) is 2. The highest BCUT2D eigenvalue weighted by atomic mass is 16.7. The van der Waals surface area contributed by atoms with Gasteiger partial charge in [-0.1, -0.05) is 12.0 Å². The molecule has 0 N–H and O–H groups in total. The summed E-state index contributed by atoms with van der Waals surface area (Å²) in [6.07, 6.45) is 2.24. The van der Waals surface area contributed by atoms with E-state index >= 15 is 0 Å². The molecular weight excluding hydrogens is 342 g/mol. The summed E-state index contributed by atoms with van der Waals surface area (Å²) < 4.78 is 10.9. The lowest BCUT2D eigenvalue weighted by atomic mass is 10.0. The van der Waals surface area contributed by atoms with Gasteiger partial charge in [-0.05, 0) is 43.4 Å². The topological polar surface area (TPSA) is 45.3 Å². The molecule has 6 heteroatoms. The van der Waals surface area contributed by atoms with Gasteiger partial charge in [0.2, 0.25) is 6.79 Å². The fourth-order valence-corrected chi connectivity index (χ4v) is 4.21. The van der Waals surface area contributed by atoms with Gasteiger partial charge in [0, 0.05) is 51.9 Å². The summed E-state index contributed by atoms with van der Waals surface area (Å²) in [6.45, 7) is 8.84. The molecule has 1 aromatic rings. The van der Waals surface area contributed by atoms with Crippen LogP contribution in [0.1, 0.15) is 25.3 Å². The highest BCUT2D eigenvalue weighted by Gasteiger charge is 2.29. The van der Waals surface area contributed by atoms with Crippen molar-refractivity contribution in [3.63, 3.8) is 0 Å². The van der Waals surface area contributed by atoms with Crippen LogP contribution in [0.5, 0.6) is 11.5 Å². The zero-order valence-corrected chi connectivity index (χ0v) is 15.9. The molecule has 0 aromatic heterocycles. The largest absolute Gasteiger partial charge is 0.454 e. The third-order valence-electron chi connectivity index (χ3n) is 5.68. The molecule has 1 atom stereocenters. The van der Waals surface area contributed by atoms with Crippen LogP contribution in [0.4, 0.5) is 0 Å². The quantitative estimate of drug-likeness (QED) is 0.757. The lowest BCUT2D eigenvalue weighted by Gasteiger charge is -2.43. The highest BCUT2D eigenvalue weighted by Crippen LogP contribution is 2.33. The van der Waals surface area contributed by atoms with Crippen LogP contribution < -0.4 is 9.47 Å². The van der Waals surface area contributed by atoms with E-state index in [0.717, 1.165) is 63.7 Å². The van der Waals surface area contributed by atoms with E-state index in [1.165, 1.54) is 12.0 Å². The van der Waals surface area contributed by atoms with Gasteiger partial charge in [0.1, 0.15) is 0 Å². The Hall–Kier alpha value is -2.23. The lowest BCUT2D eigenvalue weighted by molar-refractivity contribution is -0.127. The van der Waals surface area contributed by atoms with Crippen molar-refractivity contribution in [2.75, 3.05) is 46.1 Å². The molecule has 6 nitrogen and oxygen atoms in total. The predicted octanol–water partition coefficient (Wildman–Crippen LogP) is 1.55. The van der Waals surface area contributed by atoms with Crippen LogP contribution in [0.3, 0.4) is 0 Å². The minimum Gasteiger partial charge on any atom is -0.454 e. The van der Waals surface area contributed by atoms with E-state index in [2.05, 4.69) is 33.8 Å². The van der Waals surface area contributed by atoms with Crippen molar-refractivity contribution in [2.24, 2.45) is 0 Å². The third kappa shape index (κ3) is 4.20. The van der Waals surface area contributed by atoms with Crippen LogP contribution in [-0.2, 0) is 11.3 Å². The first-order valence-corrected chi connectivity index (χ1v) is 9.79. The molecule has 27 heavy (non-hydrogen) atoms. The molecule has 2 fully saturated rings. The lowest BCUT2D eigenvalue weighted by Crippen LogP contribution is -2.55. The average Bonchev–Trinajstić information content (AvgIpc) is 3.17. The fraction of sp³-hybridized carbons (Fsp3) is 0.571. The maximum Gasteiger partial charge on any atom is 0.298 e. The number of benzene rings is 1. The monoisotopic (exact) mass is 369 g/mol. The van der Waals surface area contributed by atoms with E-state index in [-0.39, 0.29) is 5.91 Å². The molecule has 1 aromatic carbocycles. The Morgan fingerprint density at radius 3 is 2.78 bits per heavy atom. The molecule has 3 aliphatic heterocycles. The van der Waals surface area contributed by atoms with Gasteiger partial charge in [-0.25, -0.2) is 0 Å². The van der Waals surface area contributed by atoms with Gasteiger partial charge in [0.15, 0.2) is 11.5 Å². The fourth-order valence-electron chi connectivity index (χ4n) is 4.21. The van der Waals surface area contributed by atoms with Gasteiger partial charge in [-0.15, -0.1) is 0 Å². The summed E-state index contributed by atoms with van der Waals surface area (Å²) in [5.74, 6) is 7.08. The van der Waals surface area contributed by atoms with Gasteiger partial charge in [-0.3, -0.25) is 14.6 Å². The second-order valence-electron chi connectivity index (χ2n) is 7.42. The van der Waals surface area contributed by atoms with Gasteiger partial charge >= 0.3 is 0 Å². The van der Waals surface area contributed by atoms with Crippen molar-refractivity contribution < 1.29 is 14.3 Å². The Labute approximate surface area is 161 Å². The second-order valence-corrected chi connectivity index (χ2v) is 7.42. The van der Waals surface area contributed by atoms with Gasteiger partial charge in [-0.2, -0.15) is 0 Å². The van der Waals surface area contributed by atoms with Crippen LogP contribution in [0.2, 0.25) is 0 Å². The van der Waals surface area contributed by atoms with Crippen molar-refractivity contribution in [2.45, 2.75) is 32.4 Å². The van der Waals surface area contributed by atoms with Crippen molar-refractivity contribution >= 4 is 5.91 Å². The van der Waals surface area contributed by atoms with Crippen molar-refractivity contribution in [1.82, 2.24) is 14.7 Å². The van der Waals surface area contributed by atoms with E-state index in [4.69, 9.17) is 9.47 Å². The molecule has 3 heterocycles. The first-order chi connectivity index (χ1) is 13.2. The number of piperidine rings is 1. The Kier molecular flexibility index (Phi) is 5.51. The third-order valence-corrected chi connectivity index (χ3v) is 5.68. The Balaban J connectivity index is 1.28. The number of hydrogen-bond donors (Lipinski definition) is 0. The number of carbonyl (C=O) groups excluding carboxylic acids is 1. The molecule has 0 bridgehead atoms. The van der Waals surface area contributed by atoms with Gasteiger partial charge in [0.05, 0.1) is 0 Å². The zero-order chi connectivity index (χ0) is 18.6. The molecule has 0 radical (unpaired) electrons. The minimum absolute atomic E-state index is 0.0244. The SMILES string of the molecule is CC#CC(=O)N1CCC[C@H](N2CCN(Cc3ccc4c(c3)OCO4)CC2)C1. The van der Waals surface area contributed by atoms with E-state index in [9.17, 15) is 4.79 Å². The van der Waals surface area contributed by atoms with Crippen molar-refractivity contribution in [1.29, 1.82) is 0 Å². The summed E-state index contributed by atoms with van der Waals surface area (Å²) in [6, 6.07) is 6.68. The summed E-state index contributed by atoms with van der Waals surface area (Å²) in [7, 11) is 0. The maximum absolute atomic E-state index is 12.1. The van der Waals surface area contributed by atoms with E-state index < -0.39 is 0 Å². The summed E-state index contributed by atoms with van der Waals surface area (Å²) >= 11 is 0. The van der Waals surface area contributed by atoms with Crippen LogP contribution >= 0.6 is 0 Å². The summed E-state index contributed by atoms with van der Waals surface area (Å²) in [4.78, 5) is 19.0. The minimum atomic E-state index is -0.0244. The molecule has 0 unspecified atom stereocenters. The van der Waals surface area contributed by atoms with E-state index in [1.807, 2.05) is 11.0 Å². The van der Waals surface area contributed by atoms with Crippen LogP contribution in [0.25, 0.3) is 0 Å². The van der Waals surface area contributed by atoms with E-state index in [0.29, 0.717) is 12.8 Å². The number of fused-ring (bicyclic) bond motifs is 1. The molecule has 0 aliphatic carbocycles. The number of carbonyl (C=O) groups is 1. The Bertz CT molecular complexity index is 747. The molecule has 2 saturated heterocycles. The molecule has 3 aliphatic rings. The maximum atomic E-state index is 12.1. The Morgan fingerprint density at radius 2 is 1.96 bits per heavy atom. The molecule has 0 spiro atoms. The molecule has 1 amide bonds. The van der Waals surface area contributed by atoms with Gasteiger partial charge in [0.25, 0.3) is 5.91 Å². The van der Waals surface area contributed by atoms with Crippen LogP contribution in [0, 0.1) is 11.8 Å². The number of piperazine rings is 1. The highest BCUT2D eigenvalue weighted by molar-refractivity contribution is 5.93. The average molecular weight is 369 g/mol.